The Hall–Kier alpha value is -1.75. The van der Waals surface area contributed by atoms with Crippen molar-refractivity contribution in [2.24, 2.45) is 5.92 Å². The lowest BCUT2D eigenvalue weighted by molar-refractivity contribution is 0.0922. The fourth-order valence-electron chi connectivity index (χ4n) is 2.16. The SMILES string of the molecule is CC(C)CC(CN(C)C)NC(=O)c1ccc(O)cc1O. The largest absolute Gasteiger partial charge is 0.508 e. The number of hydrogen-bond acceptors (Lipinski definition) is 4. The molecule has 0 fully saturated rings. The molecule has 1 atom stereocenters. The van der Waals surface area contributed by atoms with E-state index in [0.29, 0.717) is 5.92 Å². The van der Waals surface area contributed by atoms with Crippen LogP contribution in [0.1, 0.15) is 30.6 Å². The minimum absolute atomic E-state index is 0.0192. The molecule has 0 heterocycles. The summed E-state index contributed by atoms with van der Waals surface area (Å²) in [6.45, 7) is 4.95. The van der Waals surface area contributed by atoms with Crippen molar-refractivity contribution in [3.8, 4) is 11.5 Å². The van der Waals surface area contributed by atoms with Gasteiger partial charge in [0, 0.05) is 18.7 Å². The number of aromatic hydroxyl groups is 2. The molecule has 0 spiro atoms. The number of nitrogens with zero attached hydrogens (tertiary/aromatic N) is 1. The predicted molar refractivity (Wildman–Crippen MR) is 79.0 cm³/mol. The van der Waals surface area contributed by atoms with Gasteiger partial charge < -0.3 is 20.4 Å². The molecule has 1 rings (SSSR count). The molecule has 0 bridgehead atoms. The number of phenolic OH excluding ortho intramolecular Hbond substituents is 2. The van der Waals surface area contributed by atoms with Crippen LogP contribution in [-0.2, 0) is 0 Å². The van der Waals surface area contributed by atoms with E-state index in [2.05, 4.69) is 19.2 Å². The molecule has 0 radical (unpaired) electrons. The van der Waals surface area contributed by atoms with E-state index in [1.165, 1.54) is 12.1 Å². The third-order valence-electron chi connectivity index (χ3n) is 2.90. The molecule has 5 nitrogen and oxygen atoms in total. The highest BCUT2D eigenvalue weighted by molar-refractivity contribution is 5.97. The molecule has 0 saturated heterocycles. The Labute approximate surface area is 120 Å². The van der Waals surface area contributed by atoms with Gasteiger partial charge >= 0.3 is 0 Å². The number of nitrogens with one attached hydrogen (secondary N) is 1. The molecule has 1 aromatic carbocycles. The molecule has 0 aliphatic rings. The number of phenols is 2. The maximum atomic E-state index is 12.2. The number of likely N-dealkylation sites (N-methyl/N-ethyl adjacent to an activating group) is 1. The molecule has 0 saturated carbocycles. The number of carbonyl (C=O) groups excluding carboxylic acids is 1. The molecule has 5 heteroatoms. The van der Waals surface area contributed by atoms with Gasteiger partial charge in [0.2, 0.25) is 0 Å². The van der Waals surface area contributed by atoms with Crippen LogP contribution < -0.4 is 5.32 Å². The van der Waals surface area contributed by atoms with E-state index in [-0.39, 0.29) is 29.0 Å². The third kappa shape index (κ3) is 5.09. The molecule has 1 unspecified atom stereocenters. The summed E-state index contributed by atoms with van der Waals surface area (Å²) in [5.41, 5.74) is 0.176. The van der Waals surface area contributed by atoms with Gasteiger partial charge in [-0.1, -0.05) is 13.8 Å². The number of hydrogen-bond donors (Lipinski definition) is 3. The van der Waals surface area contributed by atoms with Gasteiger partial charge in [-0.2, -0.15) is 0 Å². The van der Waals surface area contributed by atoms with Crippen LogP contribution in [0.2, 0.25) is 0 Å². The maximum absolute atomic E-state index is 12.2. The fraction of sp³-hybridized carbons (Fsp3) is 0.533. The zero-order valence-corrected chi connectivity index (χ0v) is 12.6. The van der Waals surface area contributed by atoms with E-state index in [4.69, 9.17) is 0 Å². The normalized spacial score (nSPS) is 12.7. The van der Waals surface area contributed by atoms with Crippen LogP contribution >= 0.6 is 0 Å². The molecular formula is C15H24N2O3. The lowest BCUT2D eigenvalue weighted by atomic mass is 10.0. The Morgan fingerprint density at radius 1 is 1.30 bits per heavy atom. The average Bonchev–Trinajstić information content (AvgIpc) is 2.26. The highest BCUT2D eigenvalue weighted by atomic mass is 16.3. The standard InChI is InChI=1S/C15H24N2O3/c1-10(2)7-11(9-17(3)4)16-15(20)13-6-5-12(18)8-14(13)19/h5-6,8,10-11,18-19H,7,9H2,1-4H3,(H,16,20). The summed E-state index contributed by atoms with van der Waals surface area (Å²) in [5, 5.41) is 21.9. The van der Waals surface area contributed by atoms with Crippen molar-refractivity contribution in [1.29, 1.82) is 0 Å². The minimum Gasteiger partial charge on any atom is -0.508 e. The van der Waals surface area contributed by atoms with Gasteiger partial charge in [-0.15, -0.1) is 0 Å². The molecule has 0 aliphatic heterocycles. The van der Waals surface area contributed by atoms with E-state index >= 15 is 0 Å². The molecule has 112 valence electrons. The first kappa shape index (κ1) is 16.3. The van der Waals surface area contributed by atoms with Crippen LogP contribution in [0, 0.1) is 5.92 Å². The third-order valence-corrected chi connectivity index (χ3v) is 2.90. The zero-order chi connectivity index (χ0) is 15.3. The second-order valence-electron chi connectivity index (χ2n) is 5.76. The minimum atomic E-state index is -0.324. The quantitative estimate of drug-likeness (QED) is 0.743. The highest BCUT2D eigenvalue weighted by Crippen LogP contribution is 2.22. The highest BCUT2D eigenvalue weighted by Gasteiger charge is 2.18. The molecule has 0 aliphatic carbocycles. The van der Waals surface area contributed by atoms with Gasteiger partial charge in [-0.3, -0.25) is 4.79 Å². The Morgan fingerprint density at radius 2 is 1.95 bits per heavy atom. The average molecular weight is 280 g/mol. The van der Waals surface area contributed by atoms with Gasteiger partial charge in [0.05, 0.1) is 5.56 Å². The molecule has 3 N–H and O–H groups in total. The van der Waals surface area contributed by atoms with Crippen LogP contribution in [0.3, 0.4) is 0 Å². The first-order valence-corrected chi connectivity index (χ1v) is 6.77. The number of benzene rings is 1. The number of amides is 1. The number of carbonyl (C=O) groups is 1. The van der Waals surface area contributed by atoms with Gasteiger partial charge in [-0.05, 0) is 38.6 Å². The Kier molecular flexibility index (Phi) is 5.82. The summed E-state index contributed by atoms with van der Waals surface area (Å²) in [5.74, 6) is -0.134. The second kappa shape index (κ2) is 7.14. The predicted octanol–water partition coefficient (Wildman–Crippen LogP) is 1.80. The molecular weight excluding hydrogens is 256 g/mol. The molecule has 1 aromatic rings. The zero-order valence-electron chi connectivity index (χ0n) is 12.6. The molecule has 0 aromatic heterocycles. The summed E-state index contributed by atoms with van der Waals surface area (Å²) < 4.78 is 0. The molecule has 20 heavy (non-hydrogen) atoms. The first-order valence-electron chi connectivity index (χ1n) is 6.77. The van der Waals surface area contributed by atoms with Crippen molar-refractivity contribution >= 4 is 5.91 Å². The monoisotopic (exact) mass is 280 g/mol. The Balaban J connectivity index is 2.78. The second-order valence-corrected chi connectivity index (χ2v) is 5.76. The van der Waals surface area contributed by atoms with Crippen molar-refractivity contribution in [3.63, 3.8) is 0 Å². The van der Waals surface area contributed by atoms with Crippen LogP contribution in [0.25, 0.3) is 0 Å². The van der Waals surface area contributed by atoms with Gasteiger partial charge in [0.1, 0.15) is 11.5 Å². The molecule has 1 amide bonds. The lowest BCUT2D eigenvalue weighted by Gasteiger charge is -2.24. The lowest BCUT2D eigenvalue weighted by Crippen LogP contribution is -2.42. The van der Waals surface area contributed by atoms with Crippen LogP contribution in [-0.4, -0.2) is 47.7 Å². The topological polar surface area (TPSA) is 72.8 Å². The summed E-state index contributed by atoms with van der Waals surface area (Å²) in [6, 6.07) is 3.99. The van der Waals surface area contributed by atoms with Crippen molar-refractivity contribution < 1.29 is 15.0 Å². The van der Waals surface area contributed by atoms with Crippen molar-refractivity contribution in [3.05, 3.63) is 23.8 Å². The number of rotatable bonds is 6. The summed E-state index contributed by atoms with van der Waals surface area (Å²) in [4.78, 5) is 14.2. The van der Waals surface area contributed by atoms with E-state index in [0.717, 1.165) is 19.0 Å². The van der Waals surface area contributed by atoms with E-state index in [1.54, 1.807) is 0 Å². The maximum Gasteiger partial charge on any atom is 0.255 e. The van der Waals surface area contributed by atoms with Crippen LogP contribution in [0.4, 0.5) is 0 Å². The van der Waals surface area contributed by atoms with Crippen LogP contribution in [0.5, 0.6) is 11.5 Å². The summed E-state index contributed by atoms with van der Waals surface area (Å²) in [7, 11) is 3.91. The Bertz CT molecular complexity index is 448. The van der Waals surface area contributed by atoms with E-state index in [9.17, 15) is 15.0 Å². The van der Waals surface area contributed by atoms with Crippen LogP contribution in [0.15, 0.2) is 18.2 Å². The van der Waals surface area contributed by atoms with E-state index < -0.39 is 0 Å². The smallest absolute Gasteiger partial charge is 0.255 e. The van der Waals surface area contributed by atoms with Crippen molar-refractivity contribution in [2.75, 3.05) is 20.6 Å². The van der Waals surface area contributed by atoms with Gasteiger partial charge in [-0.25, -0.2) is 0 Å². The van der Waals surface area contributed by atoms with Gasteiger partial charge in [0.15, 0.2) is 0 Å². The Morgan fingerprint density at radius 3 is 2.45 bits per heavy atom. The van der Waals surface area contributed by atoms with E-state index in [1.807, 2.05) is 19.0 Å². The summed E-state index contributed by atoms with van der Waals surface area (Å²) >= 11 is 0. The first-order chi connectivity index (χ1) is 9.29. The van der Waals surface area contributed by atoms with Crippen molar-refractivity contribution in [2.45, 2.75) is 26.3 Å². The summed E-state index contributed by atoms with van der Waals surface area (Å²) in [6.07, 6.45) is 0.864. The van der Waals surface area contributed by atoms with Crippen molar-refractivity contribution in [1.82, 2.24) is 10.2 Å². The fourth-order valence-corrected chi connectivity index (χ4v) is 2.16. The van der Waals surface area contributed by atoms with Gasteiger partial charge in [0.25, 0.3) is 5.91 Å².